The fraction of sp³-hybridized carbons (Fsp3) is 0.750. The third-order valence-corrected chi connectivity index (χ3v) is 2.37. The zero-order chi connectivity index (χ0) is 12.9. The van der Waals surface area contributed by atoms with Crippen LogP contribution in [-0.2, 0) is 21.5 Å². The van der Waals surface area contributed by atoms with Crippen molar-refractivity contribution in [1.29, 1.82) is 0 Å². The van der Waals surface area contributed by atoms with Gasteiger partial charge in [-0.3, -0.25) is 4.79 Å². The quantitative estimate of drug-likeness (QED) is 0.707. The van der Waals surface area contributed by atoms with E-state index in [4.69, 9.17) is 4.74 Å². The zero-order valence-corrected chi connectivity index (χ0v) is 11.1. The third kappa shape index (κ3) is 5.08. The van der Waals surface area contributed by atoms with Crippen LogP contribution in [0.15, 0.2) is 6.20 Å². The summed E-state index contributed by atoms with van der Waals surface area (Å²) in [6.07, 6.45) is 2.42. The largest absolute Gasteiger partial charge is 0.379 e. The van der Waals surface area contributed by atoms with Gasteiger partial charge < -0.3 is 4.74 Å². The smallest absolute Gasteiger partial charge is 0.132 e. The number of ether oxygens (including phenoxy) is 1. The number of nitrogens with zero attached hydrogens (tertiary/aromatic N) is 3. The number of hydrogen-bond acceptors (Lipinski definition) is 4. The average Bonchev–Trinajstić information content (AvgIpc) is 2.64. The highest BCUT2D eigenvalue weighted by atomic mass is 16.5. The average molecular weight is 239 g/mol. The van der Waals surface area contributed by atoms with Crippen molar-refractivity contribution in [3.63, 3.8) is 0 Å². The van der Waals surface area contributed by atoms with Crippen LogP contribution in [0.3, 0.4) is 0 Å². The third-order valence-electron chi connectivity index (χ3n) is 2.37. The van der Waals surface area contributed by atoms with E-state index in [9.17, 15) is 4.79 Å². The molecule has 0 unspecified atom stereocenters. The van der Waals surface area contributed by atoms with Crippen molar-refractivity contribution in [2.75, 3.05) is 13.2 Å². The molecule has 0 aliphatic heterocycles. The summed E-state index contributed by atoms with van der Waals surface area (Å²) < 4.78 is 7.11. The second kappa shape index (κ2) is 5.91. The van der Waals surface area contributed by atoms with Crippen LogP contribution in [0.25, 0.3) is 0 Å². The molecule has 0 saturated carbocycles. The Balaban J connectivity index is 2.28. The van der Waals surface area contributed by atoms with Gasteiger partial charge in [-0.15, -0.1) is 5.10 Å². The van der Waals surface area contributed by atoms with Crippen molar-refractivity contribution in [3.05, 3.63) is 11.9 Å². The van der Waals surface area contributed by atoms with Crippen molar-refractivity contribution < 1.29 is 9.53 Å². The molecular formula is C12H21N3O2. The van der Waals surface area contributed by atoms with E-state index < -0.39 is 0 Å². The van der Waals surface area contributed by atoms with Gasteiger partial charge in [0.2, 0.25) is 0 Å². The summed E-state index contributed by atoms with van der Waals surface area (Å²) in [5, 5.41) is 8.15. The first kappa shape index (κ1) is 13.8. The number of rotatable bonds is 6. The number of hydrogen-bond donors (Lipinski definition) is 0. The topological polar surface area (TPSA) is 57.0 Å². The van der Waals surface area contributed by atoms with Gasteiger partial charge in [0.25, 0.3) is 0 Å². The molecule has 1 aromatic heterocycles. The Morgan fingerprint density at radius 2 is 2.12 bits per heavy atom. The van der Waals surface area contributed by atoms with E-state index in [0.717, 1.165) is 5.69 Å². The Morgan fingerprint density at radius 1 is 1.41 bits per heavy atom. The summed E-state index contributed by atoms with van der Waals surface area (Å²) in [5.41, 5.74) is 0.995. The zero-order valence-electron chi connectivity index (χ0n) is 11.1. The van der Waals surface area contributed by atoms with Crippen molar-refractivity contribution in [3.8, 4) is 0 Å². The lowest BCUT2D eigenvalue weighted by Gasteiger charge is -2.12. The molecule has 96 valence electrons. The van der Waals surface area contributed by atoms with E-state index in [1.165, 1.54) is 0 Å². The normalized spacial score (nSPS) is 11.8. The van der Waals surface area contributed by atoms with Gasteiger partial charge in [0.1, 0.15) is 5.78 Å². The Morgan fingerprint density at radius 3 is 2.65 bits per heavy atom. The molecule has 0 amide bonds. The lowest BCUT2D eigenvalue weighted by atomic mass is 9.93. The minimum Gasteiger partial charge on any atom is -0.379 e. The first-order valence-electron chi connectivity index (χ1n) is 5.87. The van der Waals surface area contributed by atoms with Crippen molar-refractivity contribution >= 4 is 5.78 Å². The predicted octanol–water partition coefficient (Wildman–Crippen LogP) is 1.57. The molecule has 0 spiro atoms. The molecular weight excluding hydrogens is 218 g/mol. The minimum atomic E-state index is 0.0216. The summed E-state index contributed by atoms with van der Waals surface area (Å²) in [4.78, 5) is 10.7. The molecule has 0 aliphatic rings. The monoisotopic (exact) mass is 239 g/mol. The van der Waals surface area contributed by atoms with Crippen molar-refractivity contribution in [2.24, 2.45) is 0 Å². The highest BCUT2D eigenvalue weighted by Crippen LogP contribution is 2.18. The molecule has 1 heterocycles. The maximum atomic E-state index is 10.7. The Hall–Kier alpha value is -1.23. The number of Topliss-reactive ketones (excluding diaryl/α,β-unsaturated/α-hetero) is 1. The lowest BCUT2D eigenvalue weighted by Crippen LogP contribution is -2.11. The van der Waals surface area contributed by atoms with Crippen LogP contribution < -0.4 is 0 Å². The molecule has 5 nitrogen and oxygen atoms in total. The molecule has 0 radical (unpaired) electrons. The first-order valence-corrected chi connectivity index (χ1v) is 5.87. The Kier molecular flexibility index (Phi) is 4.81. The number of aromatic nitrogens is 3. The molecule has 5 heteroatoms. The molecule has 0 aliphatic carbocycles. The van der Waals surface area contributed by atoms with Gasteiger partial charge in [0.05, 0.1) is 25.5 Å². The van der Waals surface area contributed by atoms with E-state index in [2.05, 4.69) is 31.1 Å². The molecule has 1 rings (SSSR count). The maximum Gasteiger partial charge on any atom is 0.132 e. The standard InChI is InChI=1S/C12H21N3O2/c1-10(16)5-7-17-8-6-15-9-11(13-14-15)12(2,3)4/h9H,5-8H2,1-4H3. The summed E-state index contributed by atoms with van der Waals surface area (Å²) in [6.45, 7) is 9.58. The number of carbonyl (C=O) groups is 1. The fourth-order valence-electron chi connectivity index (χ4n) is 1.23. The van der Waals surface area contributed by atoms with Gasteiger partial charge >= 0.3 is 0 Å². The first-order chi connectivity index (χ1) is 7.89. The molecule has 0 N–H and O–H groups in total. The van der Waals surface area contributed by atoms with Gasteiger partial charge in [0, 0.05) is 18.0 Å². The maximum absolute atomic E-state index is 10.7. The van der Waals surface area contributed by atoms with Crippen molar-refractivity contribution in [2.45, 2.75) is 46.1 Å². The molecule has 0 bridgehead atoms. The van der Waals surface area contributed by atoms with E-state index in [0.29, 0.717) is 26.2 Å². The van der Waals surface area contributed by atoms with Gasteiger partial charge in [-0.1, -0.05) is 26.0 Å². The molecule has 0 fully saturated rings. The van der Waals surface area contributed by atoms with E-state index in [1.807, 2.05) is 6.20 Å². The van der Waals surface area contributed by atoms with E-state index >= 15 is 0 Å². The Bertz CT molecular complexity index is 366. The van der Waals surface area contributed by atoms with Gasteiger partial charge in [-0.2, -0.15) is 0 Å². The lowest BCUT2D eigenvalue weighted by molar-refractivity contribution is -0.118. The SMILES string of the molecule is CC(=O)CCOCCn1cc(C(C)(C)C)nn1. The molecule has 0 aromatic carbocycles. The van der Waals surface area contributed by atoms with Crippen LogP contribution in [0.4, 0.5) is 0 Å². The summed E-state index contributed by atoms with van der Waals surface area (Å²) in [6, 6.07) is 0. The van der Waals surface area contributed by atoms with Crippen LogP contribution in [0, 0.1) is 0 Å². The van der Waals surface area contributed by atoms with Crippen LogP contribution in [0.5, 0.6) is 0 Å². The molecule has 1 aromatic rings. The highest BCUT2D eigenvalue weighted by molar-refractivity contribution is 5.75. The fourth-order valence-corrected chi connectivity index (χ4v) is 1.23. The van der Waals surface area contributed by atoms with Crippen molar-refractivity contribution in [1.82, 2.24) is 15.0 Å². The van der Waals surface area contributed by atoms with E-state index in [1.54, 1.807) is 11.6 Å². The van der Waals surface area contributed by atoms with Crippen LogP contribution >= 0.6 is 0 Å². The van der Waals surface area contributed by atoms with Gasteiger partial charge in [-0.25, -0.2) is 4.68 Å². The highest BCUT2D eigenvalue weighted by Gasteiger charge is 2.17. The second-order valence-corrected chi connectivity index (χ2v) is 5.18. The molecule has 17 heavy (non-hydrogen) atoms. The summed E-state index contributed by atoms with van der Waals surface area (Å²) >= 11 is 0. The van der Waals surface area contributed by atoms with Crippen LogP contribution in [-0.4, -0.2) is 34.0 Å². The minimum absolute atomic E-state index is 0.0216. The summed E-state index contributed by atoms with van der Waals surface area (Å²) in [5.74, 6) is 0.153. The molecule has 0 saturated heterocycles. The number of ketones is 1. The van der Waals surface area contributed by atoms with Crippen LogP contribution in [0.1, 0.15) is 39.8 Å². The second-order valence-electron chi connectivity index (χ2n) is 5.18. The van der Waals surface area contributed by atoms with Gasteiger partial charge in [0.15, 0.2) is 0 Å². The van der Waals surface area contributed by atoms with Crippen LogP contribution in [0.2, 0.25) is 0 Å². The van der Waals surface area contributed by atoms with E-state index in [-0.39, 0.29) is 11.2 Å². The Labute approximate surface area is 102 Å². The van der Waals surface area contributed by atoms with Gasteiger partial charge in [-0.05, 0) is 6.92 Å². The number of carbonyl (C=O) groups excluding carboxylic acids is 1. The predicted molar refractivity (Wildman–Crippen MR) is 64.8 cm³/mol. The molecule has 0 atom stereocenters. The summed E-state index contributed by atoms with van der Waals surface area (Å²) in [7, 11) is 0.